The molecule has 0 spiro atoms. The van der Waals surface area contributed by atoms with Crippen LogP contribution in [0.1, 0.15) is 58.7 Å². The number of hydrogen-bond acceptors (Lipinski definition) is 5. The minimum absolute atomic E-state index is 0.231. The molecule has 2 aromatic rings. The number of nitrogens with one attached hydrogen (secondary N) is 1. The highest BCUT2D eigenvalue weighted by atomic mass is 32.2. The summed E-state index contributed by atoms with van der Waals surface area (Å²) in [6.07, 6.45) is 5.57. The Hall–Kier alpha value is -1.77. The third-order valence-electron chi connectivity index (χ3n) is 5.15. The minimum atomic E-state index is -3.56. The summed E-state index contributed by atoms with van der Waals surface area (Å²) >= 11 is 1.67. The smallest absolute Gasteiger partial charge is 0.251 e. The van der Waals surface area contributed by atoms with E-state index < -0.39 is 10.0 Å². The van der Waals surface area contributed by atoms with E-state index >= 15 is 0 Å². The molecule has 1 saturated heterocycles. The van der Waals surface area contributed by atoms with Gasteiger partial charge in [-0.25, -0.2) is 13.4 Å². The Balaban J connectivity index is 1.57. The van der Waals surface area contributed by atoms with Gasteiger partial charge in [0.05, 0.1) is 9.90 Å². The molecular formula is C21H29N3O3S2. The van der Waals surface area contributed by atoms with Crippen molar-refractivity contribution in [2.45, 2.75) is 57.3 Å². The molecule has 1 aromatic carbocycles. The van der Waals surface area contributed by atoms with Gasteiger partial charge in [0.15, 0.2) is 0 Å². The standard InChI is InChI=1S/C21H29N3O3S2/c1-16-9-10-18(14-19(16)29(26,27)24-12-6-3-7-13-24)21(25)22-11-5-4-8-20-23-17(2)15-28-20/h9-10,14-15H,3-8,11-13H2,1-2H3,(H,22,25). The molecule has 8 heteroatoms. The number of aryl methyl sites for hydroxylation is 3. The Morgan fingerprint density at radius 3 is 2.62 bits per heavy atom. The molecule has 1 N–H and O–H groups in total. The Bertz CT molecular complexity index is 948. The fourth-order valence-corrected chi connectivity index (χ4v) is 6.07. The lowest BCUT2D eigenvalue weighted by molar-refractivity contribution is 0.0953. The summed E-state index contributed by atoms with van der Waals surface area (Å²) in [5, 5.41) is 6.07. The van der Waals surface area contributed by atoms with E-state index in [1.165, 1.54) is 6.07 Å². The summed E-state index contributed by atoms with van der Waals surface area (Å²) in [6.45, 7) is 5.43. The Labute approximate surface area is 177 Å². The number of nitrogens with zero attached hydrogens (tertiary/aromatic N) is 2. The normalized spacial score (nSPS) is 15.4. The molecule has 0 bridgehead atoms. The van der Waals surface area contributed by atoms with Crippen LogP contribution in [0.4, 0.5) is 0 Å². The number of piperidine rings is 1. The lowest BCUT2D eigenvalue weighted by atomic mass is 10.1. The van der Waals surface area contributed by atoms with Crippen molar-refractivity contribution in [2.24, 2.45) is 0 Å². The monoisotopic (exact) mass is 435 g/mol. The predicted molar refractivity (Wildman–Crippen MR) is 116 cm³/mol. The van der Waals surface area contributed by atoms with Gasteiger partial charge >= 0.3 is 0 Å². The second-order valence-electron chi connectivity index (χ2n) is 7.54. The van der Waals surface area contributed by atoms with Gasteiger partial charge in [-0.3, -0.25) is 4.79 Å². The molecule has 0 aliphatic carbocycles. The van der Waals surface area contributed by atoms with Gasteiger partial charge in [-0.1, -0.05) is 12.5 Å². The summed E-state index contributed by atoms with van der Waals surface area (Å²) in [4.78, 5) is 17.2. The average molecular weight is 436 g/mol. The Kier molecular flexibility index (Phi) is 7.43. The maximum Gasteiger partial charge on any atom is 0.251 e. The molecule has 0 atom stereocenters. The van der Waals surface area contributed by atoms with Crippen LogP contribution in [0.15, 0.2) is 28.5 Å². The Morgan fingerprint density at radius 2 is 1.93 bits per heavy atom. The van der Waals surface area contributed by atoms with Gasteiger partial charge in [0.25, 0.3) is 5.91 Å². The number of sulfonamides is 1. The number of aromatic nitrogens is 1. The second-order valence-corrected chi connectivity index (χ2v) is 10.4. The van der Waals surface area contributed by atoms with Gasteiger partial charge in [-0.05, 0) is 63.6 Å². The molecule has 1 amide bonds. The number of benzene rings is 1. The lowest BCUT2D eigenvalue weighted by Gasteiger charge is -2.26. The Morgan fingerprint density at radius 1 is 1.17 bits per heavy atom. The highest BCUT2D eigenvalue weighted by molar-refractivity contribution is 7.89. The van der Waals surface area contributed by atoms with Crippen molar-refractivity contribution in [1.29, 1.82) is 0 Å². The van der Waals surface area contributed by atoms with Crippen molar-refractivity contribution >= 4 is 27.3 Å². The summed E-state index contributed by atoms with van der Waals surface area (Å²) in [5.41, 5.74) is 2.11. The van der Waals surface area contributed by atoms with E-state index in [1.807, 2.05) is 12.3 Å². The number of thiazole rings is 1. The number of hydrogen-bond donors (Lipinski definition) is 1. The molecule has 0 saturated carbocycles. The zero-order valence-electron chi connectivity index (χ0n) is 17.1. The third kappa shape index (κ3) is 5.65. The van der Waals surface area contributed by atoms with E-state index in [0.29, 0.717) is 30.8 Å². The maximum atomic E-state index is 13.0. The summed E-state index contributed by atoms with van der Waals surface area (Å²) in [7, 11) is -3.56. The van der Waals surface area contributed by atoms with E-state index in [-0.39, 0.29) is 10.8 Å². The fraction of sp³-hybridized carbons (Fsp3) is 0.524. The summed E-state index contributed by atoms with van der Waals surface area (Å²) in [5.74, 6) is -0.231. The molecule has 6 nitrogen and oxygen atoms in total. The van der Waals surface area contributed by atoms with Crippen LogP contribution in [-0.4, -0.2) is 43.2 Å². The van der Waals surface area contributed by atoms with Crippen LogP contribution in [0.3, 0.4) is 0 Å². The molecule has 29 heavy (non-hydrogen) atoms. The summed E-state index contributed by atoms with van der Waals surface area (Å²) < 4.78 is 27.6. The largest absolute Gasteiger partial charge is 0.352 e. The van der Waals surface area contributed by atoms with E-state index in [4.69, 9.17) is 0 Å². The first-order valence-electron chi connectivity index (χ1n) is 10.2. The van der Waals surface area contributed by atoms with Gasteiger partial charge < -0.3 is 5.32 Å². The number of amides is 1. The van der Waals surface area contributed by atoms with Gasteiger partial charge in [0.1, 0.15) is 0 Å². The molecule has 0 radical (unpaired) electrons. The third-order valence-corrected chi connectivity index (χ3v) is 8.22. The van der Waals surface area contributed by atoms with Crippen LogP contribution in [0.2, 0.25) is 0 Å². The number of rotatable bonds is 8. The van der Waals surface area contributed by atoms with E-state index in [0.717, 1.165) is 49.2 Å². The van der Waals surface area contributed by atoms with Crippen LogP contribution in [-0.2, 0) is 16.4 Å². The van der Waals surface area contributed by atoms with Crippen LogP contribution < -0.4 is 5.32 Å². The van der Waals surface area contributed by atoms with Gasteiger partial charge in [-0.2, -0.15) is 4.31 Å². The highest BCUT2D eigenvalue weighted by Crippen LogP contribution is 2.24. The molecule has 1 aliphatic rings. The van der Waals surface area contributed by atoms with Crippen molar-refractivity contribution in [3.05, 3.63) is 45.4 Å². The van der Waals surface area contributed by atoms with Gasteiger partial charge in [0, 0.05) is 36.3 Å². The molecule has 0 unspecified atom stereocenters. The van der Waals surface area contributed by atoms with Crippen LogP contribution in [0, 0.1) is 13.8 Å². The first kappa shape index (κ1) is 21.9. The van der Waals surface area contributed by atoms with Crippen LogP contribution in [0.5, 0.6) is 0 Å². The molecule has 1 aliphatic heterocycles. The predicted octanol–water partition coefficient (Wildman–Crippen LogP) is 3.69. The van der Waals surface area contributed by atoms with E-state index in [1.54, 1.807) is 34.7 Å². The van der Waals surface area contributed by atoms with Crippen LogP contribution in [0.25, 0.3) is 0 Å². The van der Waals surface area contributed by atoms with Crippen molar-refractivity contribution < 1.29 is 13.2 Å². The zero-order chi connectivity index (χ0) is 20.9. The molecule has 3 rings (SSSR count). The number of carbonyl (C=O) groups excluding carboxylic acids is 1. The van der Waals surface area contributed by atoms with Crippen molar-refractivity contribution in [1.82, 2.24) is 14.6 Å². The van der Waals surface area contributed by atoms with E-state index in [2.05, 4.69) is 10.3 Å². The quantitative estimate of drug-likeness (QED) is 0.642. The lowest BCUT2D eigenvalue weighted by Crippen LogP contribution is -2.36. The van der Waals surface area contributed by atoms with Crippen LogP contribution >= 0.6 is 11.3 Å². The average Bonchev–Trinajstić information content (AvgIpc) is 3.13. The molecule has 158 valence electrons. The number of unbranched alkanes of at least 4 members (excludes halogenated alkanes) is 1. The molecule has 2 heterocycles. The first-order valence-corrected chi connectivity index (χ1v) is 12.5. The van der Waals surface area contributed by atoms with Crippen molar-refractivity contribution in [2.75, 3.05) is 19.6 Å². The molecule has 1 aromatic heterocycles. The molecule has 1 fully saturated rings. The SMILES string of the molecule is Cc1csc(CCCCNC(=O)c2ccc(C)c(S(=O)(=O)N3CCCCC3)c2)n1. The van der Waals surface area contributed by atoms with E-state index in [9.17, 15) is 13.2 Å². The number of carbonyl (C=O) groups is 1. The van der Waals surface area contributed by atoms with Crippen molar-refractivity contribution in [3.8, 4) is 0 Å². The first-order chi connectivity index (χ1) is 13.9. The minimum Gasteiger partial charge on any atom is -0.352 e. The maximum absolute atomic E-state index is 13.0. The summed E-state index contributed by atoms with van der Waals surface area (Å²) in [6, 6.07) is 4.93. The second kappa shape index (κ2) is 9.82. The van der Waals surface area contributed by atoms with Gasteiger partial charge in [-0.15, -0.1) is 11.3 Å². The highest BCUT2D eigenvalue weighted by Gasteiger charge is 2.28. The van der Waals surface area contributed by atoms with Gasteiger partial charge in [0.2, 0.25) is 10.0 Å². The molecular weight excluding hydrogens is 406 g/mol. The van der Waals surface area contributed by atoms with Crippen molar-refractivity contribution in [3.63, 3.8) is 0 Å². The zero-order valence-corrected chi connectivity index (χ0v) is 18.7. The topological polar surface area (TPSA) is 79.4 Å². The fourth-order valence-electron chi connectivity index (χ4n) is 3.49.